The minimum Gasteiger partial charge on any atom is -0.406 e. The number of ether oxygens (including phenoxy) is 1. The highest BCUT2D eigenvalue weighted by Gasteiger charge is 2.32. The first-order chi connectivity index (χ1) is 15.1. The summed E-state index contributed by atoms with van der Waals surface area (Å²) in [5.74, 6) is -0.869. The highest BCUT2D eigenvalue weighted by Crippen LogP contribution is 2.25. The molecule has 12 heteroatoms. The zero-order chi connectivity index (χ0) is 23.4. The maximum Gasteiger partial charge on any atom is 0.573 e. The third-order valence-electron chi connectivity index (χ3n) is 4.85. The van der Waals surface area contributed by atoms with Gasteiger partial charge < -0.3 is 15.0 Å². The number of nitrogens with one attached hydrogen (secondary N) is 1. The van der Waals surface area contributed by atoms with Crippen molar-refractivity contribution in [2.24, 2.45) is 0 Å². The number of nitrogens with zero attached hydrogens (tertiary/aromatic N) is 2. The number of rotatable bonds is 6. The van der Waals surface area contributed by atoms with Gasteiger partial charge in [-0.2, -0.15) is 4.31 Å². The summed E-state index contributed by atoms with van der Waals surface area (Å²) in [5, 5.41) is 2.68. The average molecular weight is 475 g/mol. The van der Waals surface area contributed by atoms with Crippen LogP contribution in [0.3, 0.4) is 0 Å². The molecule has 2 aromatic rings. The van der Waals surface area contributed by atoms with E-state index in [0.717, 1.165) is 28.6 Å². The molecule has 0 radical (unpaired) electrons. The van der Waals surface area contributed by atoms with Gasteiger partial charge >= 0.3 is 12.4 Å². The third-order valence-corrected chi connectivity index (χ3v) is 6.76. The fourth-order valence-corrected chi connectivity index (χ4v) is 4.63. The number of alkyl halides is 3. The average Bonchev–Trinajstić information content (AvgIpc) is 2.74. The smallest absolute Gasteiger partial charge is 0.406 e. The van der Waals surface area contributed by atoms with Crippen molar-refractivity contribution >= 4 is 16.1 Å². The third kappa shape index (κ3) is 6.10. The van der Waals surface area contributed by atoms with E-state index in [2.05, 4.69) is 10.1 Å². The maximum absolute atomic E-state index is 13.6. The Bertz CT molecular complexity index is 1040. The van der Waals surface area contributed by atoms with Gasteiger partial charge in [0, 0.05) is 32.7 Å². The molecule has 2 aromatic carbocycles. The van der Waals surface area contributed by atoms with E-state index < -0.39 is 22.1 Å². The summed E-state index contributed by atoms with van der Waals surface area (Å²) in [6, 6.07) is 9.81. The number of piperazine rings is 1. The van der Waals surface area contributed by atoms with Crippen molar-refractivity contribution in [1.82, 2.24) is 14.5 Å². The van der Waals surface area contributed by atoms with Crippen LogP contribution in [0.1, 0.15) is 5.56 Å². The van der Waals surface area contributed by atoms with E-state index in [-0.39, 0.29) is 49.5 Å². The number of carbonyl (C=O) groups excluding carboxylic acids is 1. The number of amides is 2. The molecule has 1 N–H and O–H groups in total. The molecule has 7 nitrogen and oxygen atoms in total. The van der Waals surface area contributed by atoms with Crippen molar-refractivity contribution < 1.29 is 35.5 Å². The Labute approximate surface area is 182 Å². The van der Waals surface area contributed by atoms with E-state index in [4.69, 9.17) is 0 Å². The minimum atomic E-state index is -4.87. The van der Waals surface area contributed by atoms with Crippen LogP contribution in [0, 0.1) is 5.82 Å². The monoisotopic (exact) mass is 475 g/mol. The summed E-state index contributed by atoms with van der Waals surface area (Å²) in [5.41, 5.74) is 0.482. The normalized spacial score (nSPS) is 15.4. The van der Waals surface area contributed by atoms with Crippen LogP contribution in [0.2, 0.25) is 0 Å². The Morgan fingerprint density at radius 1 is 1.00 bits per heavy atom. The van der Waals surface area contributed by atoms with Crippen molar-refractivity contribution in [3.63, 3.8) is 0 Å². The Hall–Kier alpha value is -2.86. The second-order valence-corrected chi connectivity index (χ2v) is 8.92. The topological polar surface area (TPSA) is 79.0 Å². The zero-order valence-corrected chi connectivity index (χ0v) is 17.6. The van der Waals surface area contributed by atoms with Crippen LogP contribution >= 0.6 is 0 Å². The van der Waals surface area contributed by atoms with Crippen LogP contribution in [0.5, 0.6) is 5.75 Å². The van der Waals surface area contributed by atoms with Gasteiger partial charge in [-0.05, 0) is 42.3 Å². The molecule has 2 amide bonds. The van der Waals surface area contributed by atoms with Crippen LogP contribution in [0.4, 0.5) is 22.4 Å². The molecule has 1 aliphatic rings. The molecular formula is C20H21F4N3O4S. The second-order valence-electron chi connectivity index (χ2n) is 6.98. The summed E-state index contributed by atoms with van der Waals surface area (Å²) in [6.45, 7) is 0.568. The first-order valence-electron chi connectivity index (χ1n) is 9.68. The number of sulfonamides is 1. The summed E-state index contributed by atoms with van der Waals surface area (Å²) in [7, 11) is -3.93. The summed E-state index contributed by atoms with van der Waals surface area (Å²) in [4.78, 5) is 13.6. The van der Waals surface area contributed by atoms with E-state index in [1.807, 2.05) is 0 Å². The largest absolute Gasteiger partial charge is 0.573 e. The highest BCUT2D eigenvalue weighted by molar-refractivity contribution is 7.89. The van der Waals surface area contributed by atoms with Crippen molar-refractivity contribution in [2.75, 3.05) is 32.7 Å². The number of halogens is 4. The van der Waals surface area contributed by atoms with E-state index in [0.29, 0.717) is 12.0 Å². The molecule has 0 aliphatic carbocycles. The van der Waals surface area contributed by atoms with Crippen LogP contribution < -0.4 is 10.1 Å². The molecule has 0 spiro atoms. The lowest BCUT2D eigenvalue weighted by Gasteiger charge is -2.34. The molecule has 0 unspecified atom stereocenters. The van der Waals surface area contributed by atoms with Gasteiger partial charge in [0.2, 0.25) is 10.0 Å². The van der Waals surface area contributed by atoms with E-state index in [1.165, 1.54) is 11.0 Å². The van der Waals surface area contributed by atoms with E-state index >= 15 is 0 Å². The molecule has 3 rings (SSSR count). The lowest BCUT2D eigenvalue weighted by atomic mass is 10.1. The van der Waals surface area contributed by atoms with E-state index in [1.54, 1.807) is 18.2 Å². The fourth-order valence-electron chi connectivity index (χ4n) is 3.21. The lowest BCUT2D eigenvalue weighted by Crippen LogP contribution is -2.53. The van der Waals surface area contributed by atoms with Gasteiger partial charge in [0.05, 0.1) is 4.90 Å². The number of benzene rings is 2. The fraction of sp³-hybridized carbons (Fsp3) is 0.350. The van der Waals surface area contributed by atoms with E-state index in [9.17, 15) is 30.8 Å². The van der Waals surface area contributed by atoms with Crippen LogP contribution in [-0.2, 0) is 16.4 Å². The SMILES string of the molecule is O=C(NCCc1ccccc1F)N1CCN(S(=O)(=O)c2ccc(OC(F)(F)F)cc2)CC1. The molecule has 0 aromatic heterocycles. The summed E-state index contributed by atoms with van der Waals surface area (Å²) < 4.78 is 80.7. The molecule has 0 atom stereocenters. The molecule has 32 heavy (non-hydrogen) atoms. The Kier molecular flexibility index (Phi) is 7.24. The maximum atomic E-state index is 13.6. The molecule has 1 fully saturated rings. The van der Waals surface area contributed by atoms with Gasteiger partial charge in [-0.15, -0.1) is 13.2 Å². The van der Waals surface area contributed by atoms with Gasteiger partial charge in [-0.3, -0.25) is 0 Å². The molecule has 174 valence electrons. The summed E-state index contributed by atoms with van der Waals surface area (Å²) >= 11 is 0. The van der Waals surface area contributed by atoms with Crippen molar-refractivity contribution in [1.29, 1.82) is 0 Å². The molecule has 1 heterocycles. The van der Waals surface area contributed by atoms with Crippen molar-refractivity contribution in [2.45, 2.75) is 17.7 Å². The number of hydrogen-bond acceptors (Lipinski definition) is 4. The van der Waals surface area contributed by atoms with Gasteiger partial charge in [0.1, 0.15) is 11.6 Å². The van der Waals surface area contributed by atoms with Gasteiger partial charge in [0.15, 0.2) is 0 Å². The molecular weight excluding hydrogens is 454 g/mol. The first-order valence-corrected chi connectivity index (χ1v) is 11.1. The highest BCUT2D eigenvalue weighted by atomic mass is 32.2. The van der Waals surface area contributed by atoms with Crippen molar-refractivity contribution in [3.05, 3.63) is 59.9 Å². The first kappa shape index (κ1) is 23.8. The zero-order valence-electron chi connectivity index (χ0n) is 16.8. The molecule has 1 aliphatic heterocycles. The Morgan fingerprint density at radius 3 is 2.22 bits per heavy atom. The minimum absolute atomic E-state index is 0.0316. The Balaban J connectivity index is 1.50. The van der Waals surface area contributed by atoms with Crippen LogP contribution in [0.15, 0.2) is 53.4 Å². The molecule has 0 saturated carbocycles. The number of carbonyl (C=O) groups is 1. The Morgan fingerprint density at radius 2 is 1.62 bits per heavy atom. The second kappa shape index (κ2) is 9.74. The van der Waals surface area contributed by atoms with Gasteiger partial charge in [-0.25, -0.2) is 17.6 Å². The van der Waals surface area contributed by atoms with Gasteiger partial charge in [-0.1, -0.05) is 18.2 Å². The van der Waals surface area contributed by atoms with Gasteiger partial charge in [0.25, 0.3) is 0 Å². The quantitative estimate of drug-likeness (QED) is 0.652. The predicted molar refractivity (Wildman–Crippen MR) is 107 cm³/mol. The van der Waals surface area contributed by atoms with Crippen molar-refractivity contribution in [3.8, 4) is 5.75 Å². The standard InChI is InChI=1S/C20H21F4N3O4S/c21-18-4-2-1-3-15(18)9-10-25-19(28)26-11-13-27(14-12-26)32(29,30)17-7-5-16(6-8-17)31-20(22,23)24/h1-8H,9-14H2,(H,25,28). The number of hydrogen-bond donors (Lipinski definition) is 1. The summed E-state index contributed by atoms with van der Waals surface area (Å²) in [6.07, 6.45) is -4.55. The molecule has 1 saturated heterocycles. The van der Waals surface area contributed by atoms with Crippen LogP contribution in [-0.4, -0.2) is 62.7 Å². The predicted octanol–water partition coefficient (Wildman–Crippen LogP) is 2.98. The number of urea groups is 1. The molecule has 0 bridgehead atoms. The lowest BCUT2D eigenvalue weighted by molar-refractivity contribution is -0.274. The van der Waals surface area contributed by atoms with Crippen LogP contribution in [0.25, 0.3) is 0 Å².